The van der Waals surface area contributed by atoms with Gasteiger partial charge in [0.15, 0.2) is 0 Å². The van der Waals surface area contributed by atoms with Gasteiger partial charge < -0.3 is 9.64 Å². The lowest BCUT2D eigenvalue weighted by atomic mass is 10.1. The zero-order valence-electron chi connectivity index (χ0n) is 15.0. The maximum atomic E-state index is 12.5. The highest BCUT2D eigenvalue weighted by Gasteiger charge is 2.23. The van der Waals surface area contributed by atoms with Crippen LogP contribution in [0, 0.1) is 0 Å². The van der Waals surface area contributed by atoms with E-state index < -0.39 is 0 Å². The number of amides is 1. The normalized spacial score (nSPS) is 19.2. The zero-order valence-corrected chi connectivity index (χ0v) is 15.0. The number of hydrogen-bond donors (Lipinski definition) is 0. The number of carbonyl (C=O) groups excluding carboxylic acids is 1. The SMILES string of the molecule is CC1CN(C(=O)CN(C)C(C)c2ccc(-n3cncn3)cc2)CCO1. The fourth-order valence-corrected chi connectivity index (χ4v) is 3.00. The first-order valence-corrected chi connectivity index (χ1v) is 8.59. The first kappa shape index (κ1) is 17.6. The smallest absolute Gasteiger partial charge is 0.236 e. The van der Waals surface area contributed by atoms with E-state index in [0.29, 0.717) is 26.2 Å². The van der Waals surface area contributed by atoms with E-state index >= 15 is 0 Å². The van der Waals surface area contributed by atoms with Gasteiger partial charge in [-0.25, -0.2) is 9.67 Å². The molecule has 1 aliphatic rings. The Labute approximate surface area is 148 Å². The third-order valence-corrected chi connectivity index (χ3v) is 4.70. The molecule has 2 unspecified atom stereocenters. The van der Waals surface area contributed by atoms with E-state index in [1.165, 1.54) is 6.33 Å². The van der Waals surface area contributed by atoms with E-state index in [0.717, 1.165) is 11.3 Å². The molecule has 1 aliphatic heterocycles. The van der Waals surface area contributed by atoms with Crippen molar-refractivity contribution >= 4 is 5.91 Å². The molecular formula is C18H25N5O2. The molecule has 0 bridgehead atoms. The van der Waals surface area contributed by atoms with Gasteiger partial charge in [-0.2, -0.15) is 5.10 Å². The van der Waals surface area contributed by atoms with E-state index in [-0.39, 0.29) is 18.1 Å². The van der Waals surface area contributed by atoms with Crippen molar-refractivity contribution in [2.75, 3.05) is 33.3 Å². The van der Waals surface area contributed by atoms with Crippen molar-refractivity contribution in [3.8, 4) is 5.69 Å². The van der Waals surface area contributed by atoms with Crippen LogP contribution in [0.5, 0.6) is 0 Å². The van der Waals surface area contributed by atoms with Gasteiger partial charge in [-0.15, -0.1) is 0 Å². The first-order chi connectivity index (χ1) is 12.0. The molecule has 1 amide bonds. The predicted octanol–water partition coefficient (Wildman–Crippen LogP) is 1.51. The molecule has 7 heteroatoms. The summed E-state index contributed by atoms with van der Waals surface area (Å²) in [6, 6.07) is 8.31. The van der Waals surface area contributed by atoms with E-state index in [4.69, 9.17) is 4.74 Å². The summed E-state index contributed by atoms with van der Waals surface area (Å²) < 4.78 is 7.23. The number of aromatic nitrogens is 3. The van der Waals surface area contributed by atoms with Crippen molar-refractivity contribution < 1.29 is 9.53 Å². The van der Waals surface area contributed by atoms with Crippen LogP contribution in [0.4, 0.5) is 0 Å². The summed E-state index contributed by atoms with van der Waals surface area (Å²) in [4.78, 5) is 20.4. The monoisotopic (exact) mass is 343 g/mol. The number of morpholine rings is 1. The highest BCUT2D eigenvalue weighted by atomic mass is 16.5. The van der Waals surface area contributed by atoms with Crippen molar-refractivity contribution in [1.82, 2.24) is 24.6 Å². The maximum Gasteiger partial charge on any atom is 0.236 e. The van der Waals surface area contributed by atoms with E-state index in [1.807, 2.05) is 31.0 Å². The van der Waals surface area contributed by atoms with Crippen LogP contribution in [0.3, 0.4) is 0 Å². The summed E-state index contributed by atoms with van der Waals surface area (Å²) in [5.41, 5.74) is 2.13. The number of carbonyl (C=O) groups is 1. The molecule has 2 atom stereocenters. The second-order valence-corrected chi connectivity index (χ2v) is 6.54. The summed E-state index contributed by atoms with van der Waals surface area (Å²) >= 11 is 0. The number of ether oxygens (including phenoxy) is 1. The fourth-order valence-electron chi connectivity index (χ4n) is 3.00. The molecule has 0 saturated carbocycles. The minimum absolute atomic E-state index is 0.116. The van der Waals surface area contributed by atoms with Gasteiger partial charge in [-0.1, -0.05) is 12.1 Å². The lowest BCUT2D eigenvalue weighted by molar-refractivity contribution is -0.139. The van der Waals surface area contributed by atoms with Gasteiger partial charge in [-0.05, 0) is 38.6 Å². The molecule has 0 aliphatic carbocycles. The molecule has 134 valence electrons. The standard InChI is InChI=1S/C18H25N5O2/c1-14-10-22(8-9-25-14)18(24)11-21(3)15(2)16-4-6-17(7-5-16)23-13-19-12-20-23/h4-7,12-15H,8-11H2,1-3H3. The second kappa shape index (κ2) is 7.76. The van der Waals surface area contributed by atoms with Crippen molar-refractivity contribution in [1.29, 1.82) is 0 Å². The number of hydrogen-bond acceptors (Lipinski definition) is 5. The van der Waals surface area contributed by atoms with Gasteiger partial charge in [0.05, 0.1) is 24.9 Å². The molecule has 1 aromatic carbocycles. The average molecular weight is 343 g/mol. The van der Waals surface area contributed by atoms with Crippen LogP contribution in [0.25, 0.3) is 5.69 Å². The summed E-state index contributed by atoms with van der Waals surface area (Å²) in [5.74, 6) is 0.156. The van der Waals surface area contributed by atoms with Gasteiger partial charge in [0, 0.05) is 19.1 Å². The van der Waals surface area contributed by atoms with E-state index in [1.54, 1.807) is 11.0 Å². The minimum Gasteiger partial charge on any atom is -0.375 e. The molecule has 2 heterocycles. The lowest BCUT2D eigenvalue weighted by Crippen LogP contribution is -2.48. The van der Waals surface area contributed by atoms with Crippen LogP contribution >= 0.6 is 0 Å². The maximum absolute atomic E-state index is 12.5. The molecule has 0 N–H and O–H groups in total. The van der Waals surface area contributed by atoms with E-state index in [9.17, 15) is 4.79 Å². The first-order valence-electron chi connectivity index (χ1n) is 8.59. The highest BCUT2D eigenvalue weighted by molar-refractivity contribution is 5.78. The molecular weight excluding hydrogens is 318 g/mol. The van der Waals surface area contributed by atoms with Crippen LogP contribution in [0.2, 0.25) is 0 Å². The predicted molar refractivity (Wildman–Crippen MR) is 94.4 cm³/mol. The van der Waals surface area contributed by atoms with Crippen LogP contribution in [0.1, 0.15) is 25.5 Å². The van der Waals surface area contributed by atoms with Crippen LogP contribution in [0.15, 0.2) is 36.9 Å². The molecule has 1 fully saturated rings. The quantitative estimate of drug-likeness (QED) is 0.823. The molecule has 0 radical (unpaired) electrons. The van der Waals surface area contributed by atoms with Gasteiger partial charge in [0.2, 0.25) is 5.91 Å². The number of nitrogens with zero attached hydrogens (tertiary/aromatic N) is 5. The Balaban J connectivity index is 1.60. The zero-order chi connectivity index (χ0) is 17.8. The molecule has 0 spiro atoms. The Kier molecular flexibility index (Phi) is 5.45. The lowest BCUT2D eigenvalue weighted by Gasteiger charge is -2.33. The van der Waals surface area contributed by atoms with Crippen LogP contribution in [-0.2, 0) is 9.53 Å². The highest BCUT2D eigenvalue weighted by Crippen LogP contribution is 2.20. The van der Waals surface area contributed by atoms with Crippen molar-refractivity contribution in [3.05, 3.63) is 42.5 Å². The number of likely N-dealkylation sites (N-methyl/N-ethyl adjacent to an activating group) is 1. The largest absolute Gasteiger partial charge is 0.375 e. The molecule has 1 aromatic heterocycles. The minimum atomic E-state index is 0.116. The Morgan fingerprint density at radius 2 is 2.16 bits per heavy atom. The summed E-state index contributed by atoms with van der Waals surface area (Å²) in [5, 5.41) is 4.13. The molecule has 2 aromatic rings. The Morgan fingerprint density at radius 1 is 1.40 bits per heavy atom. The summed E-state index contributed by atoms with van der Waals surface area (Å²) in [6.07, 6.45) is 3.30. The third kappa shape index (κ3) is 4.24. The summed E-state index contributed by atoms with van der Waals surface area (Å²) in [7, 11) is 1.98. The number of benzene rings is 1. The fraction of sp³-hybridized carbons (Fsp3) is 0.500. The van der Waals surface area contributed by atoms with Gasteiger partial charge in [0.1, 0.15) is 12.7 Å². The molecule has 25 heavy (non-hydrogen) atoms. The van der Waals surface area contributed by atoms with Crippen molar-refractivity contribution in [2.24, 2.45) is 0 Å². The second-order valence-electron chi connectivity index (χ2n) is 6.54. The topological polar surface area (TPSA) is 63.5 Å². The Bertz CT molecular complexity index is 686. The average Bonchev–Trinajstić information content (AvgIpc) is 3.16. The third-order valence-electron chi connectivity index (χ3n) is 4.70. The number of rotatable bonds is 5. The van der Waals surface area contributed by atoms with Crippen molar-refractivity contribution in [2.45, 2.75) is 26.0 Å². The van der Waals surface area contributed by atoms with Gasteiger partial charge in [0.25, 0.3) is 0 Å². The van der Waals surface area contributed by atoms with Crippen molar-refractivity contribution in [3.63, 3.8) is 0 Å². The molecule has 1 saturated heterocycles. The summed E-state index contributed by atoms with van der Waals surface area (Å²) in [6.45, 7) is 6.49. The Morgan fingerprint density at radius 3 is 2.80 bits per heavy atom. The van der Waals surface area contributed by atoms with Gasteiger partial charge >= 0.3 is 0 Å². The Hall–Kier alpha value is -2.25. The van der Waals surface area contributed by atoms with E-state index in [2.05, 4.69) is 34.0 Å². The van der Waals surface area contributed by atoms with Gasteiger partial charge in [-0.3, -0.25) is 9.69 Å². The van der Waals surface area contributed by atoms with Crippen LogP contribution in [-0.4, -0.2) is 69.9 Å². The molecule has 3 rings (SSSR count). The van der Waals surface area contributed by atoms with Crippen LogP contribution < -0.4 is 0 Å². The molecule has 7 nitrogen and oxygen atoms in total.